The van der Waals surface area contributed by atoms with Gasteiger partial charge in [0, 0.05) is 5.56 Å². The summed E-state index contributed by atoms with van der Waals surface area (Å²) in [6.45, 7) is 2.03. The summed E-state index contributed by atoms with van der Waals surface area (Å²) in [6, 6.07) is 17.4. The number of aryl methyl sites for hydroxylation is 2. The van der Waals surface area contributed by atoms with Crippen molar-refractivity contribution in [2.45, 2.75) is 32.6 Å². The minimum Gasteiger partial charge on any atom is -0.207 e. The Balaban J connectivity index is 2.01. The van der Waals surface area contributed by atoms with Crippen LogP contribution in [-0.2, 0) is 12.8 Å². The Labute approximate surface area is 131 Å². The average molecular weight is 293 g/mol. The minimum atomic E-state index is -0.150. The summed E-state index contributed by atoms with van der Waals surface area (Å²) in [5.74, 6) is -0.150. The second kappa shape index (κ2) is 8.14. The lowest BCUT2D eigenvalue weighted by molar-refractivity contribution is 0.750. The Hall–Kier alpha value is -2.40. The maximum atomic E-state index is 13.8. The molecule has 0 bridgehead atoms. The number of nitrogens with zero attached hydrogens (tertiary/aromatic N) is 1. The predicted molar refractivity (Wildman–Crippen MR) is 89.0 cm³/mol. The third kappa shape index (κ3) is 4.30. The van der Waals surface area contributed by atoms with E-state index in [4.69, 9.17) is 5.26 Å². The molecule has 0 heterocycles. The van der Waals surface area contributed by atoms with Crippen molar-refractivity contribution in [1.29, 1.82) is 5.26 Å². The Morgan fingerprint density at radius 1 is 1.09 bits per heavy atom. The minimum absolute atomic E-state index is 0.150. The van der Waals surface area contributed by atoms with E-state index in [1.165, 1.54) is 0 Å². The van der Waals surface area contributed by atoms with Crippen LogP contribution in [0.2, 0.25) is 0 Å². The predicted octanol–water partition coefficient (Wildman–Crippen LogP) is 5.45. The third-order valence-electron chi connectivity index (χ3n) is 3.66. The second-order valence-electron chi connectivity index (χ2n) is 5.31. The number of halogens is 1. The molecule has 0 aliphatic carbocycles. The zero-order chi connectivity index (χ0) is 15.8. The molecule has 0 unspecified atom stereocenters. The molecule has 0 fully saturated rings. The van der Waals surface area contributed by atoms with Gasteiger partial charge in [0.1, 0.15) is 5.83 Å². The molecular formula is C20H20FN. The molecular weight excluding hydrogens is 273 g/mol. The molecule has 2 aromatic rings. The molecule has 2 aromatic carbocycles. The molecule has 0 amide bonds. The van der Waals surface area contributed by atoms with Gasteiger partial charge in [-0.1, -0.05) is 55.8 Å². The van der Waals surface area contributed by atoms with Gasteiger partial charge in [-0.2, -0.15) is 5.26 Å². The lowest BCUT2D eigenvalue weighted by Crippen LogP contribution is -1.94. The first-order chi connectivity index (χ1) is 10.7. The Morgan fingerprint density at radius 2 is 1.82 bits per heavy atom. The van der Waals surface area contributed by atoms with E-state index in [1.54, 1.807) is 6.08 Å². The van der Waals surface area contributed by atoms with Gasteiger partial charge in [-0.05, 0) is 42.5 Å². The number of allylic oxidation sites excluding steroid dienone is 1. The summed E-state index contributed by atoms with van der Waals surface area (Å²) in [4.78, 5) is 0. The molecule has 0 aliphatic rings. The molecule has 112 valence electrons. The Kier molecular flexibility index (Phi) is 5.91. The fourth-order valence-electron chi connectivity index (χ4n) is 2.35. The SMILES string of the molecule is CCCC=C(F)c1ccc(CCc2ccccc2C#N)cc1. The van der Waals surface area contributed by atoms with E-state index in [-0.39, 0.29) is 5.83 Å². The van der Waals surface area contributed by atoms with Gasteiger partial charge in [0.2, 0.25) is 0 Å². The van der Waals surface area contributed by atoms with Gasteiger partial charge in [-0.25, -0.2) is 4.39 Å². The van der Waals surface area contributed by atoms with E-state index < -0.39 is 0 Å². The highest BCUT2D eigenvalue weighted by Crippen LogP contribution is 2.19. The summed E-state index contributed by atoms with van der Waals surface area (Å²) in [7, 11) is 0. The maximum absolute atomic E-state index is 13.8. The lowest BCUT2D eigenvalue weighted by Gasteiger charge is -2.05. The first-order valence-electron chi connectivity index (χ1n) is 7.67. The van der Waals surface area contributed by atoms with Crippen LogP contribution >= 0.6 is 0 Å². The molecule has 2 heteroatoms. The van der Waals surface area contributed by atoms with Gasteiger partial charge in [-0.3, -0.25) is 0 Å². The van der Waals surface area contributed by atoms with Gasteiger partial charge in [-0.15, -0.1) is 0 Å². The molecule has 0 saturated heterocycles. The Morgan fingerprint density at radius 3 is 2.50 bits per heavy atom. The summed E-state index contributed by atoms with van der Waals surface area (Å²) in [5, 5.41) is 9.09. The highest BCUT2D eigenvalue weighted by atomic mass is 19.1. The average Bonchev–Trinajstić information content (AvgIpc) is 2.58. The quantitative estimate of drug-likeness (QED) is 0.694. The monoisotopic (exact) mass is 293 g/mol. The van der Waals surface area contributed by atoms with Crippen molar-refractivity contribution in [2.24, 2.45) is 0 Å². The van der Waals surface area contributed by atoms with Crippen molar-refractivity contribution in [3.05, 3.63) is 76.9 Å². The normalized spacial score (nSPS) is 11.2. The topological polar surface area (TPSA) is 23.8 Å². The van der Waals surface area contributed by atoms with Crippen LogP contribution in [-0.4, -0.2) is 0 Å². The summed E-state index contributed by atoms with van der Waals surface area (Å²) < 4.78 is 13.8. The van der Waals surface area contributed by atoms with E-state index in [9.17, 15) is 4.39 Å². The van der Waals surface area contributed by atoms with Crippen LogP contribution in [0, 0.1) is 11.3 Å². The molecule has 22 heavy (non-hydrogen) atoms. The highest BCUT2D eigenvalue weighted by molar-refractivity contribution is 5.59. The number of rotatable bonds is 6. The number of nitriles is 1. The summed E-state index contributed by atoms with van der Waals surface area (Å²) >= 11 is 0. The Bertz CT molecular complexity index is 678. The molecule has 1 nitrogen and oxygen atoms in total. The van der Waals surface area contributed by atoms with E-state index in [2.05, 4.69) is 6.07 Å². The van der Waals surface area contributed by atoms with Crippen molar-refractivity contribution >= 4 is 5.83 Å². The lowest BCUT2D eigenvalue weighted by atomic mass is 9.99. The standard InChI is InChI=1S/C20H20FN/c1-2-3-8-20(21)18-13-10-16(11-14-18)9-12-17-6-4-5-7-19(17)15-22/h4-8,10-11,13-14H,2-3,9,12H2,1H3. The smallest absolute Gasteiger partial charge is 0.126 e. The first kappa shape index (κ1) is 16.0. The summed E-state index contributed by atoms with van der Waals surface area (Å²) in [5.41, 5.74) is 3.57. The van der Waals surface area contributed by atoms with Crippen LogP contribution in [0.1, 0.15) is 42.0 Å². The van der Waals surface area contributed by atoms with Crippen LogP contribution in [0.3, 0.4) is 0 Å². The van der Waals surface area contributed by atoms with Crippen molar-refractivity contribution in [2.75, 3.05) is 0 Å². The zero-order valence-electron chi connectivity index (χ0n) is 12.8. The zero-order valence-corrected chi connectivity index (χ0v) is 12.8. The molecule has 2 rings (SSSR count). The highest BCUT2D eigenvalue weighted by Gasteiger charge is 2.03. The van der Waals surface area contributed by atoms with E-state index >= 15 is 0 Å². The molecule has 0 atom stereocenters. The van der Waals surface area contributed by atoms with Gasteiger partial charge in [0.15, 0.2) is 0 Å². The van der Waals surface area contributed by atoms with Crippen LogP contribution in [0.15, 0.2) is 54.6 Å². The van der Waals surface area contributed by atoms with Gasteiger partial charge in [0.25, 0.3) is 0 Å². The van der Waals surface area contributed by atoms with Crippen molar-refractivity contribution < 1.29 is 4.39 Å². The number of hydrogen-bond acceptors (Lipinski definition) is 1. The van der Waals surface area contributed by atoms with Gasteiger partial charge >= 0.3 is 0 Å². The van der Waals surface area contributed by atoms with Crippen LogP contribution in [0.5, 0.6) is 0 Å². The van der Waals surface area contributed by atoms with E-state index in [0.29, 0.717) is 5.56 Å². The van der Waals surface area contributed by atoms with Gasteiger partial charge in [0.05, 0.1) is 11.6 Å². The van der Waals surface area contributed by atoms with Crippen molar-refractivity contribution in [3.8, 4) is 6.07 Å². The largest absolute Gasteiger partial charge is 0.207 e. The maximum Gasteiger partial charge on any atom is 0.126 e. The van der Waals surface area contributed by atoms with Crippen molar-refractivity contribution in [1.82, 2.24) is 0 Å². The molecule has 0 aromatic heterocycles. The molecule has 0 N–H and O–H groups in total. The van der Waals surface area contributed by atoms with Gasteiger partial charge < -0.3 is 0 Å². The number of unbranched alkanes of at least 4 members (excludes halogenated alkanes) is 1. The first-order valence-corrected chi connectivity index (χ1v) is 7.67. The molecule has 0 radical (unpaired) electrons. The van der Waals surface area contributed by atoms with E-state index in [0.717, 1.165) is 42.4 Å². The second-order valence-corrected chi connectivity index (χ2v) is 5.31. The molecule has 0 saturated carbocycles. The van der Waals surface area contributed by atoms with Crippen molar-refractivity contribution in [3.63, 3.8) is 0 Å². The fraction of sp³-hybridized carbons (Fsp3) is 0.250. The fourth-order valence-corrected chi connectivity index (χ4v) is 2.35. The molecule has 0 spiro atoms. The van der Waals surface area contributed by atoms with E-state index in [1.807, 2.05) is 55.5 Å². The van der Waals surface area contributed by atoms with Crippen LogP contribution in [0.25, 0.3) is 5.83 Å². The van der Waals surface area contributed by atoms with Crippen LogP contribution in [0.4, 0.5) is 4.39 Å². The summed E-state index contributed by atoms with van der Waals surface area (Å²) in [6.07, 6.45) is 5.01. The number of benzene rings is 2. The number of hydrogen-bond donors (Lipinski definition) is 0. The van der Waals surface area contributed by atoms with Crippen LogP contribution < -0.4 is 0 Å². The molecule has 0 aliphatic heterocycles. The third-order valence-corrected chi connectivity index (χ3v) is 3.66.